The van der Waals surface area contributed by atoms with Gasteiger partial charge in [0.2, 0.25) is 5.88 Å². The van der Waals surface area contributed by atoms with Crippen LogP contribution in [-0.4, -0.2) is 40.5 Å². The summed E-state index contributed by atoms with van der Waals surface area (Å²) in [5, 5.41) is 0.367. The van der Waals surface area contributed by atoms with Crippen LogP contribution in [0.3, 0.4) is 0 Å². The molecule has 4 rings (SSSR count). The Bertz CT molecular complexity index is 1010. The monoisotopic (exact) mass is 445 g/mol. The number of ether oxygens (including phenoxy) is 1. The smallest absolute Gasteiger partial charge is 0.232 e. The molecule has 2 aromatic rings. The average molecular weight is 446 g/mol. The fraction of sp³-hybridized carbons (Fsp3) is 0.409. The van der Waals surface area contributed by atoms with E-state index >= 15 is 0 Å². The van der Waals surface area contributed by atoms with Gasteiger partial charge in [-0.2, -0.15) is 0 Å². The molecule has 0 saturated heterocycles. The van der Waals surface area contributed by atoms with Gasteiger partial charge in [-0.1, -0.05) is 11.6 Å². The number of hydrogen-bond acceptors (Lipinski definition) is 7. The molecule has 0 radical (unpaired) electrons. The topological polar surface area (TPSA) is 79.4 Å². The number of aldehydes is 1. The molecule has 164 valence electrons. The molecule has 3 heterocycles. The number of aromatic nitrogens is 2. The average Bonchev–Trinajstić information content (AvgIpc) is 3.55. The lowest BCUT2D eigenvalue weighted by molar-refractivity contribution is -0.109. The summed E-state index contributed by atoms with van der Waals surface area (Å²) < 4.78 is 17.6. The van der Waals surface area contributed by atoms with Crippen molar-refractivity contribution in [3.63, 3.8) is 0 Å². The van der Waals surface area contributed by atoms with Gasteiger partial charge in [0.25, 0.3) is 0 Å². The van der Waals surface area contributed by atoms with Gasteiger partial charge in [-0.15, -0.1) is 0 Å². The van der Waals surface area contributed by atoms with Crippen molar-refractivity contribution in [3.8, 4) is 5.88 Å². The summed E-state index contributed by atoms with van der Waals surface area (Å²) in [5.41, 5.74) is 11.9. The second kappa shape index (κ2) is 9.20. The maximum Gasteiger partial charge on any atom is 0.232 e. The Hall–Kier alpha value is -2.71. The van der Waals surface area contributed by atoms with E-state index in [1.807, 2.05) is 12.1 Å². The van der Waals surface area contributed by atoms with E-state index in [0.29, 0.717) is 17.4 Å². The third kappa shape index (κ3) is 4.50. The van der Waals surface area contributed by atoms with Crippen molar-refractivity contribution < 1.29 is 13.9 Å². The fourth-order valence-electron chi connectivity index (χ4n) is 3.72. The van der Waals surface area contributed by atoms with Crippen molar-refractivity contribution in [3.05, 3.63) is 51.8 Å². The van der Waals surface area contributed by atoms with Gasteiger partial charge in [-0.3, -0.25) is 0 Å². The number of pyridine rings is 2. The van der Waals surface area contributed by atoms with Crippen LogP contribution in [0.25, 0.3) is 5.70 Å². The van der Waals surface area contributed by atoms with E-state index < -0.39 is 6.67 Å². The van der Waals surface area contributed by atoms with Crippen LogP contribution in [0, 0.1) is 0 Å². The third-order valence-electron chi connectivity index (χ3n) is 5.48. The lowest BCUT2D eigenvalue weighted by Crippen LogP contribution is -2.33. The van der Waals surface area contributed by atoms with Gasteiger partial charge in [0.05, 0.1) is 12.1 Å². The van der Waals surface area contributed by atoms with Crippen molar-refractivity contribution in [2.24, 2.45) is 0 Å². The van der Waals surface area contributed by atoms with E-state index in [2.05, 4.69) is 32.6 Å². The van der Waals surface area contributed by atoms with Crippen LogP contribution in [0.1, 0.15) is 49.4 Å². The van der Waals surface area contributed by atoms with Crippen molar-refractivity contribution in [2.45, 2.75) is 45.3 Å². The molecular formula is C22H25ClFN5O2. The number of allylic oxidation sites excluding steroid dienone is 1. The number of carbonyl (C=O) groups is 1. The maximum absolute atomic E-state index is 12.4. The molecule has 2 aliphatic rings. The van der Waals surface area contributed by atoms with E-state index in [4.69, 9.17) is 16.3 Å². The second-order valence-corrected chi connectivity index (χ2v) is 8.14. The van der Waals surface area contributed by atoms with Crippen LogP contribution in [0.4, 0.5) is 10.2 Å². The standard InChI is InChI=1S/C22H25ClFN5O2/c1-13(12-30)27-28-21-18-11-29(20(15-3-4-15)17(18)5-7-25-21)14(2)16-9-19(23)22(26-10-16)31-8-6-24/h5,7,9-10,12-14,27H,3-4,6,8,11H2,1-2H3,(H,25,28). The van der Waals surface area contributed by atoms with Crippen molar-refractivity contribution in [2.75, 3.05) is 18.7 Å². The van der Waals surface area contributed by atoms with Gasteiger partial charge in [0.15, 0.2) is 0 Å². The number of nitrogens with zero attached hydrogens (tertiary/aromatic N) is 3. The SMILES string of the molecule is CC(C=O)NNc1nccc2c1CN(C(C)c1cnc(OCCF)c(Cl)c1)C2=C1CC1. The normalized spacial score (nSPS) is 16.7. The minimum absolute atomic E-state index is 0.00503. The highest BCUT2D eigenvalue weighted by Gasteiger charge is 2.35. The minimum Gasteiger partial charge on any atom is -0.474 e. The molecule has 0 aromatic carbocycles. The number of alkyl halides is 1. The number of fused-ring (bicyclic) bond motifs is 1. The molecule has 2 unspecified atom stereocenters. The highest BCUT2D eigenvalue weighted by molar-refractivity contribution is 6.31. The Labute approximate surface area is 185 Å². The Morgan fingerprint density at radius 3 is 2.84 bits per heavy atom. The molecule has 7 nitrogen and oxygen atoms in total. The predicted molar refractivity (Wildman–Crippen MR) is 117 cm³/mol. The lowest BCUT2D eigenvalue weighted by atomic mass is 10.1. The first-order valence-electron chi connectivity index (χ1n) is 10.3. The van der Waals surface area contributed by atoms with Crippen LogP contribution in [0.5, 0.6) is 5.88 Å². The number of hydrogen-bond donors (Lipinski definition) is 2. The number of hydrazine groups is 1. The Morgan fingerprint density at radius 1 is 1.35 bits per heavy atom. The predicted octanol–water partition coefficient (Wildman–Crippen LogP) is 4.06. The molecular weight excluding hydrogens is 421 g/mol. The highest BCUT2D eigenvalue weighted by atomic mass is 35.5. The summed E-state index contributed by atoms with van der Waals surface area (Å²) in [6.07, 6.45) is 6.50. The van der Waals surface area contributed by atoms with E-state index in [1.165, 1.54) is 11.3 Å². The molecule has 1 fully saturated rings. The summed E-state index contributed by atoms with van der Waals surface area (Å²) >= 11 is 6.33. The molecule has 9 heteroatoms. The number of rotatable bonds is 9. The largest absolute Gasteiger partial charge is 0.474 e. The first-order chi connectivity index (χ1) is 15.0. The molecule has 31 heavy (non-hydrogen) atoms. The van der Waals surface area contributed by atoms with Crippen LogP contribution >= 0.6 is 11.6 Å². The molecule has 2 aromatic heterocycles. The molecule has 0 amide bonds. The van der Waals surface area contributed by atoms with Gasteiger partial charge in [-0.05, 0) is 50.0 Å². The summed E-state index contributed by atoms with van der Waals surface area (Å²) in [6, 6.07) is 3.54. The number of carbonyl (C=O) groups excluding carboxylic acids is 1. The second-order valence-electron chi connectivity index (χ2n) is 7.73. The maximum atomic E-state index is 12.4. The van der Waals surface area contributed by atoms with E-state index in [-0.39, 0.29) is 24.6 Å². The Kier molecular flexibility index (Phi) is 6.38. The van der Waals surface area contributed by atoms with Gasteiger partial charge >= 0.3 is 0 Å². The molecule has 2 atom stereocenters. The zero-order valence-electron chi connectivity index (χ0n) is 17.5. The summed E-state index contributed by atoms with van der Waals surface area (Å²) in [5.74, 6) is 0.956. The fourth-order valence-corrected chi connectivity index (χ4v) is 3.95. The van der Waals surface area contributed by atoms with Crippen LogP contribution in [-0.2, 0) is 11.3 Å². The number of anilines is 1. The molecule has 2 N–H and O–H groups in total. The molecule has 0 bridgehead atoms. The van der Waals surface area contributed by atoms with Crippen LogP contribution in [0.15, 0.2) is 30.1 Å². The van der Waals surface area contributed by atoms with E-state index in [9.17, 15) is 9.18 Å². The van der Waals surface area contributed by atoms with Crippen molar-refractivity contribution in [1.82, 2.24) is 20.3 Å². The van der Waals surface area contributed by atoms with E-state index in [1.54, 1.807) is 19.3 Å². The summed E-state index contributed by atoms with van der Waals surface area (Å²) in [7, 11) is 0. The first kappa shape index (κ1) is 21.5. The molecule has 1 aliphatic carbocycles. The first-order valence-corrected chi connectivity index (χ1v) is 10.7. The van der Waals surface area contributed by atoms with Gasteiger partial charge in [-0.25, -0.2) is 19.8 Å². The van der Waals surface area contributed by atoms with Crippen LogP contribution < -0.4 is 15.6 Å². The van der Waals surface area contributed by atoms with E-state index in [0.717, 1.165) is 35.8 Å². The number of halogens is 2. The third-order valence-corrected chi connectivity index (χ3v) is 5.75. The van der Waals surface area contributed by atoms with Crippen molar-refractivity contribution in [1.29, 1.82) is 0 Å². The summed E-state index contributed by atoms with van der Waals surface area (Å²) in [6.45, 7) is 3.88. The highest BCUT2D eigenvalue weighted by Crippen LogP contribution is 2.48. The minimum atomic E-state index is -0.593. The molecule has 1 aliphatic heterocycles. The molecule has 0 spiro atoms. The Morgan fingerprint density at radius 2 is 2.16 bits per heavy atom. The zero-order valence-corrected chi connectivity index (χ0v) is 18.2. The van der Waals surface area contributed by atoms with Crippen molar-refractivity contribution >= 4 is 29.4 Å². The quantitative estimate of drug-likeness (QED) is 0.445. The molecule has 1 saturated carbocycles. The Balaban J connectivity index is 1.61. The van der Waals surface area contributed by atoms with Gasteiger partial charge in [0.1, 0.15) is 30.4 Å². The zero-order chi connectivity index (χ0) is 22.0. The van der Waals surface area contributed by atoms with Crippen LogP contribution in [0.2, 0.25) is 5.02 Å². The number of nitrogens with one attached hydrogen (secondary N) is 2. The lowest BCUT2D eigenvalue weighted by Gasteiger charge is -2.28. The van der Waals surface area contributed by atoms with Gasteiger partial charge < -0.3 is 19.9 Å². The van der Waals surface area contributed by atoms with Gasteiger partial charge in [0, 0.05) is 35.8 Å². The summed E-state index contributed by atoms with van der Waals surface area (Å²) in [4.78, 5) is 22.0.